The topological polar surface area (TPSA) is 60.9 Å². The molecule has 1 fully saturated rings. The summed E-state index contributed by atoms with van der Waals surface area (Å²) in [5.74, 6) is 0.0426. The minimum atomic E-state index is -3.48. The lowest BCUT2D eigenvalue weighted by molar-refractivity contribution is -0.133. The van der Waals surface area contributed by atoms with Gasteiger partial charge in [-0.05, 0) is 38.2 Å². The number of nitrogens with zero attached hydrogens (tertiary/aromatic N) is 3. The van der Waals surface area contributed by atoms with Gasteiger partial charge in [-0.2, -0.15) is 4.31 Å². The molecule has 0 radical (unpaired) electrons. The first-order chi connectivity index (χ1) is 11.3. The molecule has 0 N–H and O–H groups in total. The summed E-state index contributed by atoms with van der Waals surface area (Å²) in [5.41, 5.74) is 1.15. The fourth-order valence-corrected chi connectivity index (χ4v) is 4.24. The summed E-state index contributed by atoms with van der Waals surface area (Å²) < 4.78 is 26.9. The maximum Gasteiger partial charge on any atom is 0.243 e. The number of likely N-dealkylation sites (N-methyl/N-ethyl adjacent to an activating group) is 1. The lowest BCUT2D eigenvalue weighted by Crippen LogP contribution is -2.52. The molecule has 1 heterocycles. The number of benzene rings is 1. The van der Waals surface area contributed by atoms with Crippen molar-refractivity contribution >= 4 is 15.9 Å². The zero-order chi connectivity index (χ0) is 17.7. The van der Waals surface area contributed by atoms with Crippen LogP contribution in [-0.4, -0.2) is 75.2 Å². The third-order valence-corrected chi connectivity index (χ3v) is 6.06. The molecule has 1 aliphatic heterocycles. The van der Waals surface area contributed by atoms with E-state index < -0.39 is 10.0 Å². The molecule has 1 saturated heterocycles. The standard InChI is InChI=1S/C17H27N3O3S/c1-4-5-15-6-8-16(9-7-15)24(22,23)20-12-10-19(11-13-20)17(21)14-18(2)3/h6-9H,4-5,10-14H2,1-3H3. The van der Waals surface area contributed by atoms with Gasteiger partial charge in [0, 0.05) is 26.2 Å². The van der Waals surface area contributed by atoms with Crippen LogP contribution in [0.5, 0.6) is 0 Å². The molecule has 0 unspecified atom stereocenters. The van der Waals surface area contributed by atoms with Gasteiger partial charge in [0.2, 0.25) is 15.9 Å². The van der Waals surface area contributed by atoms with Crippen LogP contribution in [-0.2, 0) is 21.2 Å². The summed E-state index contributed by atoms with van der Waals surface area (Å²) >= 11 is 0. The van der Waals surface area contributed by atoms with Crippen LogP contribution in [0.3, 0.4) is 0 Å². The Morgan fingerprint density at radius 2 is 1.67 bits per heavy atom. The lowest BCUT2D eigenvalue weighted by atomic mass is 10.1. The van der Waals surface area contributed by atoms with Gasteiger partial charge in [0.25, 0.3) is 0 Å². The van der Waals surface area contributed by atoms with Gasteiger partial charge in [0.15, 0.2) is 0 Å². The maximum atomic E-state index is 12.7. The Balaban J connectivity index is 2.00. The van der Waals surface area contributed by atoms with Gasteiger partial charge in [-0.1, -0.05) is 25.5 Å². The molecular formula is C17H27N3O3S. The summed E-state index contributed by atoms with van der Waals surface area (Å²) in [6, 6.07) is 7.13. The molecule has 0 saturated carbocycles. The molecule has 2 rings (SSSR count). The van der Waals surface area contributed by atoms with Crippen molar-refractivity contribution in [3.63, 3.8) is 0 Å². The number of hydrogen-bond donors (Lipinski definition) is 0. The van der Waals surface area contributed by atoms with Crippen LogP contribution < -0.4 is 0 Å². The number of aryl methyl sites for hydroxylation is 1. The number of hydrogen-bond acceptors (Lipinski definition) is 4. The third kappa shape index (κ3) is 4.55. The van der Waals surface area contributed by atoms with Gasteiger partial charge in [-0.3, -0.25) is 4.79 Å². The minimum absolute atomic E-state index is 0.0426. The van der Waals surface area contributed by atoms with Crippen LogP contribution in [0.2, 0.25) is 0 Å². The van der Waals surface area contributed by atoms with Crippen molar-refractivity contribution in [1.82, 2.24) is 14.1 Å². The van der Waals surface area contributed by atoms with Crippen molar-refractivity contribution in [3.05, 3.63) is 29.8 Å². The Kier molecular flexibility index (Phi) is 6.37. The molecule has 1 aromatic carbocycles. The SMILES string of the molecule is CCCc1ccc(S(=O)(=O)N2CCN(C(=O)CN(C)C)CC2)cc1. The molecule has 7 heteroatoms. The summed E-state index contributed by atoms with van der Waals surface area (Å²) in [6.45, 7) is 4.03. The highest BCUT2D eigenvalue weighted by molar-refractivity contribution is 7.89. The molecule has 1 amide bonds. The second kappa shape index (κ2) is 8.09. The molecule has 134 valence electrons. The van der Waals surface area contributed by atoms with Crippen LogP contribution in [0, 0.1) is 0 Å². The molecule has 0 aliphatic carbocycles. The van der Waals surface area contributed by atoms with Crippen LogP contribution >= 0.6 is 0 Å². The zero-order valence-corrected chi connectivity index (χ0v) is 15.6. The lowest BCUT2D eigenvalue weighted by Gasteiger charge is -2.34. The van der Waals surface area contributed by atoms with E-state index in [2.05, 4.69) is 6.92 Å². The van der Waals surface area contributed by atoms with E-state index in [9.17, 15) is 13.2 Å². The van der Waals surface area contributed by atoms with Gasteiger partial charge >= 0.3 is 0 Å². The first-order valence-corrected chi connectivity index (χ1v) is 9.80. The number of sulfonamides is 1. The second-order valence-corrected chi connectivity index (χ2v) is 8.35. The predicted octanol–water partition coefficient (Wildman–Crippen LogP) is 1.03. The fourth-order valence-electron chi connectivity index (χ4n) is 2.81. The van der Waals surface area contributed by atoms with E-state index in [-0.39, 0.29) is 5.91 Å². The Morgan fingerprint density at radius 1 is 1.08 bits per heavy atom. The molecule has 0 atom stereocenters. The van der Waals surface area contributed by atoms with Crippen LogP contribution in [0.15, 0.2) is 29.2 Å². The largest absolute Gasteiger partial charge is 0.339 e. The first kappa shape index (κ1) is 18.9. The molecule has 0 spiro atoms. The molecule has 1 aliphatic rings. The van der Waals surface area contributed by atoms with Crippen molar-refractivity contribution in [3.8, 4) is 0 Å². The van der Waals surface area contributed by atoms with Gasteiger partial charge in [-0.25, -0.2) is 8.42 Å². The summed E-state index contributed by atoms with van der Waals surface area (Å²) in [5, 5.41) is 0. The minimum Gasteiger partial charge on any atom is -0.339 e. The van der Waals surface area contributed by atoms with Gasteiger partial charge in [0.1, 0.15) is 0 Å². The van der Waals surface area contributed by atoms with Crippen molar-refractivity contribution in [1.29, 1.82) is 0 Å². The number of rotatable bonds is 6. The number of carbonyl (C=O) groups is 1. The van der Waals surface area contributed by atoms with Crippen LogP contribution in [0.25, 0.3) is 0 Å². The van der Waals surface area contributed by atoms with E-state index in [1.54, 1.807) is 17.0 Å². The summed E-state index contributed by atoms with van der Waals surface area (Å²) in [4.78, 5) is 15.9. The van der Waals surface area contributed by atoms with Crippen molar-refractivity contribution in [2.75, 3.05) is 46.8 Å². The first-order valence-electron chi connectivity index (χ1n) is 8.36. The normalized spacial score (nSPS) is 16.6. The van der Waals surface area contributed by atoms with Crippen molar-refractivity contribution < 1.29 is 13.2 Å². The Morgan fingerprint density at radius 3 is 2.17 bits per heavy atom. The Bertz CT molecular complexity index is 648. The van der Waals surface area contributed by atoms with Crippen LogP contribution in [0.4, 0.5) is 0 Å². The Hall–Kier alpha value is -1.44. The fraction of sp³-hybridized carbons (Fsp3) is 0.588. The van der Waals surface area contributed by atoms with E-state index in [4.69, 9.17) is 0 Å². The van der Waals surface area contributed by atoms with Crippen molar-refractivity contribution in [2.24, 2.45) is 0 Å². The molecule has 24 heavy (non-hydrogen) atoms. The van der Waals surface area contributed by atoms with Gasteiger partial charge in [-0.15, -0.1) is 0 Å². The quantitative estimate of drug-likeness (QED) is 0.766. The van der Waals surface area contributed by atoms with E-state index in [1.165, 1.54) is 4.31 Å². The maximum absolute atomic E-state index is 12.7. The van der Waals surface area contributed by atoms with E-state index in [0.717, 1.165) is 18.4 Å². The average molecular weight is 353 g/mol. The molecule has 1 aromatic rings. The molecular weight excluding hydrogens is 326 g/mol. The van der Waals surface area contributed by atoms with Crippen LogP contribution in [0.1, 0.15) is 18.9 Å². The monoisotopic (exact) mass is 353 g/mol. The van der Waals surface area contributed by atoms with E-state index in [0.29, 0.717) is 37.6 Å². The smallest absolute Gasteiger partial charge is 0.243 e. The van der Waals surface area contributed by atoms with Crippen molar-refractivity contribution in [2.45, 2.75) is 24.7 Å². The van der Waals surface area contributed by atoms with E-state index in [1.807, 2.05) is 31.1 Å². The highest BCUT2D eigenvalue weighted by atomic mass is 32.2. The summed E-state index contributed by atoms with van der Waals surface area (Å²) in [6.07, 6.45) is 1.99. The highest BCUT2D eigenvalue weighted by Crippen LogP contribution is 2.19. The predicted molar refractivity (Wildman–Crippen MR) is 94.3 cm³/mol. The van der Waals surface area contributed by atoms with E-state index >= 15 is 0 Å². The molecule has 0 bridgehead atoms. The number of piperazine rings is 1. The Labute approximate surface area is 145 Å². The third-order valence-electron chi connectivity index (χ3n) is 4.14. The molecule has 0 aromatic heterocycles. The van der Waals surface area contributed by atoms with Gasteiger partial charge < -0.3 is 9.80 Å². The summed E-state index contributed by atoms with van der Waals surface area (Å²) in [7, 11) is 0.215. The molecule has 6 nitrogen and oxygen atoms in total. The average Bonchev–Trinajstić information content (AvgIpc) is 2.55. The number of carbonyl (C=O) groups excluding carboxylic acids is 1. The number of amides is 1. The second-order valence-electron chi connectivity index (χ2n) is 6.42. The zero-order valence-electron chi connectivity index (χ0n) is 14.7. The van der Waals surface area contributed by atoms with Gasteiger partial charge in [0.05, 0.1) is 11.4 Å². The highest BCUT2D eigenvalue weighted by Gasteiger charge is 2.30.